The number of piperidine rings is 1. The zero-order valence-electron chi connectivity index (χ0n) is 12.7. The molecule has 1 amide bonds. The van der Waals surface area contributed by atoms with Gasteiger partial charge >= 0.3 is 5.97 Å². The lowest BCUT2D eigenvalue weighted by molar-refractivity contribution is -0.139. The molecule has 0 aromatic rings. The highest BCUT2D eigenvalue weighted by Gasteiger charge is 2.41. The third-order valence-corrected chi connectivity index (χ3v) is 4.29. The Balaban J connectivity index is 1.89. The van der Waals surface area contributed by atoms with Crippen molar-refractivity contribution in [1.29, 1.82) is 0 Å². The van der Waals surface area contributed by atoms with Crippen LogP contribution in [0.5, 0.6) is 0 Å². The fourth-order valence-electron chi connectivity index (χ4n) is 3.68. The standard InChI is InChI=1S/C15H26N2O3/c1-15(2,3)16-13(18)9-17-11-4-5-12(17)7-10(6-11)8-14(19)20/h10-12H,4-9H2,1-3H3,(H,16,18)(H,19,20)/t10-,11+,12-. The summed E-state index contributed by atoms with van der Waals surface area (Å²) in [6, 6.07) is 0.785. The van der Waals surface area contributed by atoms with E-state index in [9.17, 15) is 9.59 Å². The highest BCUT2D eigenvalue weighted by atomic mass is 16.4. The molecule has 2 N–H and O–H groups in total. The van der Waals surface area contributed by atoms with Gasteiger partial charge in [-0.1, -0.05) is 0 Å². The van der Waals surface area contributed by atoms with Crippen molar-refractivity contribution < 1.29 is 14.7 Å². The first kappa shape index (κ1) is 15.3. The first-order valence-corrected chi connectivity index (χ1v) is 7.53. The van der Waals surface area contributed by atoms with Gasteiger partial charge in [-0.2, -0.15) is 0 Å². The summed E-state index contributed by atoms with van der Waals surface area (Å²) in [7, 11) is 0. The van der Waals surface area contributed by atoms with Crippen LogP contribution < -0.4 is 5.32 Å². The van der Waals surface area contributed by atoms with Gasteiger partial charge in [0.25, 0.3) is 0 Å². The molecule has 0 aromatic heterocycles. The molecule has 2 aliphatic heterocycles. The summed E-state index contributed by atoms with van der Waals surface area (Å²) >= 11 is 0. The maximum atomic E-state index is 12.1. The van der Waals surface area contributed by atoms with E-state index < -0.39 is 5.97 Å². The average molecular weight is 282 g/mol. The topological polar surface area (TPSA) is 69.6 Å². The second kappa shape index (κ2) is 5.72. The molecule has 2 bridgehead atoms. The number of carbonyl (C=O) groups excluding carboxylic acids is 1. The van der Waals surface area contributed by atoms with Crippen LogP contribution in [0, 0.1) is 5.92 Å². The van der Waals surface area contributed by atoms with Gasteiger partial charge in [0.1, 0.15) is 0 Å². The van der Waals surface area contributed by atoms with Gasteiger partial charge in [0.05, 0.1) is 6.54 Å². The smallest absolute Gasteiger partial charge is 0.303 e. The molecule has 2 aliphatic rings. The molecule has 5 nitrogen and oxygen atoms in total. The number of fused-ring (bicyclic) bond motifs is 2. The second-order valence-corrected chi connectivity index (χ2v) is 7.29. The fourth-order valence-corrected chi connectivity index (χ4v) is 3.68. The van der Waals surface area contributed by atoms with Gasteiger partial charge in [0.15, 0.2) is 0 Å². The molecule has 2 saturated heterocycles. The Morgan fingerprint density at radius 1 is 1.20 bits per heavy atom. The van der Waals surface area contributed by atoms with E-state index in [1.807, 2.05) is 20.8 Å². The third kappa shape index (κ3) is 3.95. The Morgan fingerprint density at radius 3 is 2.20 bits per heavy atom. The number of carboxylic acid groups (broad SMARTS) is 1. The van der Waals surface area contributed by atoms with Gasteiger partial charge in [-0.05, 0) is 52.4 Å². The lowest BCUT2D eigenvalue weighted by atomic mass is 9.88. The van der Waals surface area contributed by atoms with Gasteiger partial charge in [-0.15, -0.1) is 0 Å². The van der Waals surface area contributed by atoms with Crippen LogP contribution in [-0.4, -0.2) is 46.1 Å². The number of rotatable bonds is 4. The summed E-state index contributed by atoms with van der Waals surface area (Å²) in [5, 5.41) is 11.9. The maximum absolute atomic E-state index is 12.1. The van der Waals surface area contributed by atoms with E-state index >= 15 is 0 Å². The number of aliphatic carboxylic acids is 1. The van der Waals surface area contributed by atoms with Crippen molar-refractivity contribution in [3.63, 3.8) is 0 Å². The van der Waals surface area contributed by atoms with Crippen LogP contribution in [-0.2, 0) is 9.59 Å². The quantitative estimate of drug-likeness (QED) is 0.822. The summed E-state index contributed by atoms with van der Waals surface area (Å²) in [5.74, 6) is -0.341. The summed E-state index contributed by atoms with van der Waals surface area (Å²) in [6.45, 7) is 6.40. The maximum Gasteiger partial charge on any atom is 0.303 e. The third-order valence-electron chi connectivity index (χ3n) is 4.29. The first-order valence-electron chi connectivity index (χ1n) is 7.53. The van der Waals surface area contributed by atoms with Gasteiger partial charge in [-0.3, -0.25) is 14.5 Å². The molecule has 114 valence electrons. The van der Waals surface area contributed by atoms with E-state index in [2.05, 4.69) is 10.2 Å². The monoisotopic (exact) mass is 282 g/mol. The molecule has 0 radical (unpaired) electrons. The predicted octanol–water partition coefficient (Wildman–Crippen LogP) is 1.62. The number of amides is 1. The van der Waals surface area contributed by atoms with Crippen molar-refractivity contribution in [2.75, 3.05) is 6.54 Å². The molecule has 5 heteroatoms. The summed E-state index contributed by atoms with van der Waals surface area (Å²) in [4.78, 5) is 25.2. The van der Waals surface area contributed by atoms with Crippen molar-refractivity contribution in [3.8, 4) is 0 Å². The van der Waals surface area contributed by atoms with E-state index in [1.54, 1.807) is 0 Å². The van der Waals surface area contributed by atoms with Crippen LogP contribution in [0.2, 0.25) is 0 Å². The lowest BCUT2D eigenvalue weighted by Crippen LogP contribution is -2.51. The number of nitrogens with zero attached hydrogens (tertiary/aromatic N) is 1. The van der Waals surface area contributed by atoms with Crippen molar-refractivity contribution in [2.24, 2.45) is 5.92 Å². The normalized spacial score (nSPS) is 30.2. The largest absolute Gasteiger partial charge is 0.481 e. The minimum absolute atomic E-state index is 0.0751. The van der Waals surface area contributed by atoms with Crippen LogP contribution in [0.3, 0.4) is 0 Å². The van der Waals surface area contributed by atoms with E-state index in [-0.39, 0.29) is 23.8 Å². The first-order chi connectivity index (χ1) is 9.24. The van der Waals surface area contributed by atoms with Crippen molar-refractivity contribution in [2.45, 2.75) is 70.5 Å². The predicted molar refractivity (Wildman–Crippen MR) is 76.4 cm³/mol. The Bertz CT molecular complexity index is 375. The number of carbonyl (C=O) groups is 2. The van der Waals surface area contributed by atoms with Crippen LogP contribution in [0.25, 0.3) is 0 Å². The van der Waals surface area contributed by atoms with Crippen molar-refractivity contribution in [3.05, 3.63) is 0 Å². The van der Waals surface area contributed by atoms with E-state index in [4.69, 9.17) is 5.11 Å². The lowest BCUT2D eigenvalue weighted by Gasteiger charge is -2.38. The molecule has 3 atom stereocenters. The van der Waals surface area contributed by atoms with Crippen LogP contribution in [0.4, 0.5) is 0 Å². The SMILES string of the molecule is CC(C)(C)NC(=O)CN1[C@@H]2CC[C@H]1C[C@@H](CC(=O)O)C2. The van der Waals surface area contributed by atoms with E-state index in [0.29, 0.717) is 18.6 Å². The molecule has 0 aliphatic carbocycles. The average Bonchev–Trinajstić information content (AvgIpc) is 2.51. The highest BCUT2D eigenvalue weighted by Crippen LogP contribution is 2.39. The second-order valence-electron chi connectivity index (χ2n) is 7.29. The highest BCUT2D eigenvalue weighted by molar-refractivity contribution is 5.78. The van der Waals surface area contributed by atoms with Gasteiger partial charge in [0, 0.05) is 24.0 Å². The van der Waals surface area contributed by atoms with Gasteiger partial charge in [0.2, 0.25) is 5.91 Å². The van der Waals surface area contributed by atoms with Crippen molar-refractivity contribution in [1.82, 2.24) is 10.2 Å². The number of nitrogens with one attached hydrogen (secondary N) is 1. The molecule has 2 heterocycles. The zero-order valence-corrected chi connectivity index (χ0v) is 12.7. The molecule has 0 saturated carbocycles. The molecule has 0 spiro atoms. The molecule has 2 fully saturated rings. The van der Waals surface area contributed by atoms with Crippen molar-refractivity contribution >= 4 is 11.9 Å². The molecule has 0 aromatic carbocycles. The fraction of sp³-hybridized carbons (Fsp3) is 0.867. The Kier molecular flexibility index (Phi) is 4.37. The number of hydrogen-bond acceptors (Lipinski definition) is 3. The van der Waals surface area contributed by atoms with Crippen LogP contribution in [0.15, 0.2) is 0 Å². The molecule has 0 unspecified atom stereocenters. The van der Waals surface area contributed by atoms with Crippen LogP contribution >= 0.6 is 0 Å². The van der Waals surface area contributed by atoms with Gasteiger partial charge in [-0.25, -0.2) is 0 Å². The molecule has 20 heavy (non-hydrogen) atoms. The number of hydrogen-bond donors (Lipinski definition) is 2. The van der Waals surface area contributed by atoms with E-state index in [0.717, 1.165) is 25.7 Å². The van der Waals surface area contributed by atoms with Gasteiger partial charge < -0.3 is 10.4 Å². The minimum atomic E-state index is -0.701. The zero-order chi connectivity index (χ0) is 14.9. The molecular weight excluding hydrogens is 256 g/mol. The summed E-state index contributed by atoms with van der Waals surface area (Å²) < 4.78 is 0. The Hall–Kier alpha value is -1.10. The number of carboxylic acids is 1. The summed E-state index contributed by atoms with van der Waals surface area (Å²) in [6.07, 6.45) is 4.32. The molecular formula is C15H26N2O3. The van der Waals surface area contributed by atoms with E-state index in [1.165, 1.54) is 0 Å². The minimum Gasteiger partial charge on any atom is -0.481 e. The molecule has 2 rings (SSSR count). The Morgan fingerprint density at radius 2 is 1.75 bits per heavy atom. The summed E-state index contributed by atoms with van der Waals surface area (Å²) in [5.41, 5.74) is -0.197. The van der Waals surface area contributed by atoms with Crippen LogP contribution in [0.1, 0.15) is 52.9 Å². The Labute approximate surface area is 120 Å².